The summed E-state index contributed by atoms with van der Waals surface area (Å²) in [5, 5.41) is 9.38. The summed E-state index contributed by atoms with van der Waals surface area (Å²) in [6.45, 7) is 0. The van der Waals surface area contributed by atoms with E-state index < -0.39 is 0 Å². The molecule has 14 rings (SSSR count). The average molecular weight is 836 g/mol. The molecule has 0 saturated heterocycles. The molecule has 0 aliphatic rings. The first-order valence-electron chi connectivity index (χ1n) is 21.4. The van der Waals surface area contributed by atoms with Gasteiger partial charge in [-0.05, 0) is 78.9 Å². The molecule has 0 aliphatic carbocycles. The maximum Gasteiger partial charge on any atom is 0.164 e. The molecule has 6 nitrogen and oxygen atoms in total. The van der Waals surface area contributed by atoms with Crippen molar-refractivity contribution >= 4 is 97.1 Å². The number of thiophene rings is 1. The van der Waals surface area contributed by atoms with Crippen molar-refractivity contribution in [2.75, 3.05) is 0 Å². The Morgan fingerprint density at radius 2 is 0.859 bits per heavy atom. The molecule has 5 heterocycles. The topological polar surface area (TPSA) is 61.7 Å². The molecule has 64 heavy (non-hydrogen) atoms. The SMILES string of the molecule is c1ccc(-c2nc(-c3ccccc3)nc(-c3ccc4sc5ccc(-n6c7ccccc7c7cc(-n8c9ccccc9c9ccc%10c%11ccccc%11oc%10c98)ccc76)cc5c4c3)n2)cc1. The van der Waals surface area contributed by atoms with Crippen LogP contribution >= 0.6 is 11.3 Å². The minimum Gasteiger partial charge on any atom is -0.454 e. The quantitative estimate of drug-likeness (QED) is 0.173. The largest absolute Gasteiger partial charge is 0.454 e. The molecule has 7 heteroatoms. The molecule has 0 bridgehead atoms. The second-order valence-electron chi connectivity index (χ2n) is 16.4. The van der Waals surface area contributed by atoms with Crippen molar-refractivity contribution in [3.05, 3.63) is 200 Å². The van der Waals surface area contributed by atoms with Crippen LogP contribution in [0.3, 0.4) is 0 Å². The maximum absolute atomic E-state index is 6.68. The fourth-order valence-corrected chi connectivity index (χ4v) is 10.9. The van der Waals surface area contributed by atoms with Gasteiger partial charge in [-0.15, -0.1) is 11.3 Å². The smallest absolute Gasteiger partial charge is 0.164 e. The molecular weight excluding hydrogens is 803 g/mol. The highest BCUT2D eigenvalue weighted by molar-refractivity contribution is 7.25. The summed E-state index contributed by atoms with van der Waals surface area (Å²) in [5.41, 5.74) is 11.4. The summed E-state index contributed by atoms with van der Waals surface area (Å²) in [4.78, 5) is 15.0. The van der Waals surface area contributed by atoms with Crippen molar-refractivity contribution in [3.8, 4) is 45.5 Å². The Kier molecular flexibility index (Phi) is 7.46. The monoisotopic (exact) mass is 835 g/mol. The Hall–Kier alpha value is -8.39. The maximum atomic E-state index is 6.68. The zero-order valence-corrected chi connectivity index (χ0v) is 34.9. The van der Waals surface area contributed by atoms with Crippen molar-refractivity contribution in [1.82, 2.24) is 24.1 Å². The van der Waals surface area contributed by atoms with E-state index in [2.05, 4.69) is 143 Å². The lowest BCUT2D eigenvalue weighted by atomic mass is 10.1. The Morgan fingerprint density at radius 3 is 1.59 bits per heavy atom. The lowest BCUT2D eigenvalue weighted by Crippen LogP contribution is -2.00. The lowest BCUT2D eigenvalue weighted by Gasteiger charge is -2.11. The van der Waals surface area contributed by atoms with E-state index in [1.165, 1.54) is 41.7 Å². The number of rotatable bonds is 5. The van der Waals surface area contributed by atoms with Crippen LogP contribution < -0.4 is 0 Å². The number of fused-ring (bicyclic) bond motifs is 13. The molecular formula is C57H33N5OS. The molecule has 0 saturated carbocycles. The van der Waals surface area contributed by atoms with Gasteiger partial charge in [0.25, 0.3) is 0 Å². The van der Waals surface area contributed by atoms with Gasteiger partial charge in [-0.1, -0.05) is 121 Å². The van der Waals surface area contributed by atoms with E-state index in [0.717, 1.165) is 72.1 Å². The molecule has 0 N–H and O–H groups in total. The summed E-state index contributed by atoms with van der Waals surface area (Å²) in [6, 6.07) is 70.9. The van der Waals surface area contributed by atoms with E-state index in [4.69, 9.17) is 19.4 Å². The number of aromatic nitrogens is 5. The van der Waals surface area contributed by atoms with Crippen molar-refractivity contribution < 1.29 is 4.42 Å². The summed E-state index contributed by atoms with van der Waals surface area (Å²) in [6.07, 6.45) is 0. The highest BCUT2D eigenvalue weighted by Crippen LogP contribution is 2.43. The van der Waals surface area contributed by atoms with E-state index in [1.54, 1.807) is 0 Å². The Morgan fingerprint density at radius 1 is 0.344 bits per heavy atom. The third kappa shape index (κ3) is 5.22. The molecule has 5 aromatic heterocycles. The van der Waals surface area contributed by atoms with Crippen LogP contribution in [0, 0.1) is 0 Å². The third-order valence-corrected chi connectivity index (χ3v) is 13.9. The van der Waals surface area contributed by atoms with Crippen LogP contribution in [0.15, 0.2) is 205 Å². The van der Waals surface area contributed by atoms with Gasteiger partial charge in [-0.25, -0.2) is 15.0 Å². The Labute approximate surface area is 369 Å². The van der Waals surface area contributed by atoms with Crippen molar-refractivity contribution in [2.45, 2.75) is 0 Å². The van der Waals surface area contributed by atoms with Gasteiger partial charge in [-0.3, -0.25) is 0 Å². The zero-order chi connectivity index (χ0) is 41.9. The van der Waals surface area contributed by atoms with E-state index in [0.29, 0.717) is 17.5 Å². The number of nitrogens with zero attached hydrogens (tertiary/aromatic N) is 5. The zero-order valence-electron chi connectivity index (χ0n) is 34.1. The van der Waals surface area contributed by atoms with Gasteiger partial charge in [0.15, 0.2) is 23.1 Å². The van der Waals surface area contributed by atoms with Gasteiger partial charge in [0.1, 0.15) is 5.58 Å². The summed E-state index contributed by atoms with van der Waals surface area (Å²) in [5.74, 6) is 1.95. The Bertz CT molecular complexity index is 4140. The first-order valence-corrected chi connectivity index (χ1v) is 22.2. The van der Waals surface area contributed by atoms with E-state index in [9.17, 15) is 0 Å². The first-order chi connectivity index (χ1) is 31.7. The van der Waals surface area contributed by atoms with Gasteiger partial charge in [0, 0.05) is 80.6 Å². The number of hydrogen-bond donors (Lipinski definition) is 0. The standard InChI is InChI=1S/C57H33N5OS/c1-3-13-34(14-4-1)55-58-56(35-15-5-2-6-16-35)60-57(59-55)36-23-29-51-45(31-36)46-33-37(25-30-52(46)64-51)61-47-20-10-8-18-40(47)44-32-38(24-28-49(44)61)62-48-21-11-7-17-39(48)42-26-27-43-41-19-9-12-22-50(41)63-54(43)53(42)62/h1-33H. The molecule has 0 spiro atoms. The van der Waals surface area contributed by atoms with Gasteiger partial charge in [0.05, 0.1) is 22.1 Å². The molecule has 14 aromatic rings. The van der Waals surface area contributed by atoms with E-state index >= 15 is 0 Å². The second kappa shape index (κ2) is 13.6. The third-order valence-electron chi connectivity index (χ3n) is 12.8. The molecule has 298 valence electrons. The van der Waals surface area contributed by atoms with Crippen LogP contribution in [0.5, 0.6) is 0 Å². The Balaban J connectivity index is 0.947. The minimum atomic E-state index is 0.646. The van der Waals surface area contributed by atoms with E-state index in [-0.39, 0.29) is 0 Å². The van der Waals surface area contributed by atoms with Crippen molar-refractivity contribution in [1.29, 1.82) is 0 Å². The van der Waals surface area contributed by atoms with Crippen LogP contribution in [-0.4, -0.2) is 24.1 Å². The van der Waals surface area contributed by atoms with Gasteiger partial charge in [0.2, 0.25) is 0 Å². The minimum absolute atomic E-state index is 0.646. The molecule has 0 aliphatic heterocycles. The van der Waals surface area contributed by atoms with Crippen molar-refractivity contribution in [2.24, 2.45) is 0 Å². The fourth-order valence-electron chi connectivity index (χ4n) is 9.86. The number of furan rings is 1. The predicted molar refractivity (Wildman–Crippen MR) is 265 cm³/mol. The van der Waals surface area contributed by atoms with Crippen molar-refractivity contribution in [3.63, 3.8) is 0 Å². The normalized spacial score (nSPS) is 12.1. The predicted octanol–water partition coefficient (Wildman–Crippen LogP) is 15.3. The van der Waals surface area contributed by atoms with Gasteiger partial charge >= 0.3 is 0 Å². The molecule has 0 atom stereocenters. The highest BCUT2D eigenvalue weighted by atomic mass is 32.1. The van der Waals surface area contributed by atoms with Crippen LogP contribution in [-0.2, 0) is 0 Å². The molecule has 0 radical (unpaired) electrons. The van der Waals surface area contributed by atoms with Gasteiger partial charge in [-0.2, -0.15) is 0 Å². The van der Waals surface area contributed by atoms with Crippen LogP contribution in [0.25, 0.3) is 131 Å². The molecule has 0 amide bonds. The lowest BCUT2D eigenvalue weighted by molar-refractivity contribution is 0.671. The van der Waals surface area contributed by atoms with Crippen LogP contribution in [0.4, 0.5) is 0 Å². The molecule has 0 unspecified atom stereocenters. The average Bonchev–Trinajstić information content (AvgIpc) is 4.11. The van der Waals surface area contributed by atoms with Gasteiger partial charge < -0.3 is 13.6 Å². The molecule has 9 aromatic carbocycles. The summed E-state index contributed by atoms with van der Waals surface area (Å²) >= 11 is 1.81. The molecule has 0 fully saturated rings. The number of benzene rings is 9. The number of hydrogen-bond acceptors (Lipinski definition) is 5. The highest BCUT2D eigenvalue weighted by Gasteiger charge is 2.21. The van der Waals surface area contributed by atoms with E-state index in [1.807, 2.05) is 78.1 Å². The second-order valence-corrected chi connectivity index (χ2v) is 17.5. The van der Waals surface area contributed by atoms with Crippen LogP contribution in [0.2, 0.25) is 0 Å². The number of para-hydroxylation sites is 3. The van der Waals surface area contributed by atoms with Crippen LogP contribution in [0.1, 0.15) is 0 Å². The fraction of sp³-hybridized carbons (Fsp3) is 0. The summed E-state index contributed by atoms with van der Waals surface area (Å²) < 4.78 is 13.9. The summed E-state index contributed by atoms with van der Waals surface area (Å²) in [7, 11) is 0. The first kappa shape index (κ1) is 35.2.